The molecule has 0 aliphatic carbocycles. The van der Waals surface area contributed by atoms with Gasteiger partial charge in [0.15, 0.2) is 0 Å². The molecule has 22 heavy (non-hydrogen) atoms. The van der Waals surface area contributed by atoms with Gasteiger partial charge in [-0.25, -0.2) is 4.79 Å². The fourth-order valence-corrected chi connectivity index (χ4v) is 2.60. The van der Waals surface area contributed by atoms with Gasteiger partial charge in [-0.2, -0.15) is 0 Å². The van der Waals surface area contributed by atoms with E-state index >= 15 is 0 Å². The summed E-state index contributed by atoms with van der Waals surface area (Å²) in [7, 11) is 0. The molecule has 1 fully saturated rings. The van der Waals surface area contributed by atoms with Crippen LogP contribution in [0.15, 0.2) is 24.4 Å². The van der Waals surface area contributed by atoms with Crippen LogP contribution in [-0.2, 0) is 16.0 Å². The van der Waals surface area contributed by atoms with Crippen LogP contribution >= 0.6 is 0 Å². The first-order chi connectivity index (χ1) is 10.2. The van der Waals surface area contributed by atoms with Gasteiger partial charge in [-0.05, 0) is 39.3 Å². The van der Waals surface area contributed by atoms with E-state index in [4.69, 9.17) is 4.74 Å². The minimum Gasteiger partial charge on any atom is -0.481 e. The topological polar surface area (TPSA) is 79.7 Å². The number of hydrogen-bond donors (Lipinski definition) is 1. The number of aromatic nitrogens is 1. The standard InChI is InChI=1S/C16H22N2O4/c1-15(2,3)22-14(21)18-9-7-16(11-18,13(19)20)10-12-6-4-5-8-17-12/h4-6,8H,7,9-11H2,1-3H3,(H,19,20). The maximum atomic E-state index is 12.1. The zero-order valence-electron chi connectivity index (χ0n) is 13.2. The number of amides is 1. The fourth-order valence-electron chi connectivity index (χ4n) is 2.60. The number of carboxylic acid groups (broad SMARTS) is 1. The number of carbonyl (C=O) groups excluding carboxylic acids is 1. The van der Waals surface area contributed by atoms with Gasteiger partial charge in [0.1, 0.15) is 5.60 Å². The second kappa shape index (κ2) is 5.94. The van der Waals surface area contributed by atoms with Crippen molar-refractivity contribution in [1.29, 1.82) is 0 Å². The Bertz CT molecular complexity index is 553. The summed E-state index contributed by atoms with van der Waals surface area (Å²) in [6, 6.07) is 5.43. The predicted octanol–water partition coefficient (Wildman–Crippen LogP) is 2.34. The van der Waals surface area contributed by atoms with Crippen LogP contribution < -0.4 is 0 Å². The Morgan fingerprint density at radius 1 is 1.41 bits per heavy atom. The Morgan fingerprint density at radius 2 is 2.14 bits per heavy atom. The molecule has 0 bridgehead atoms. The van der Waals surface area contributed by atoms with Gasteiger partial charge in [0.25, 0.3) is 0 Å². The van der Waals surface area contributed by atoms with Gasteiger partial charge >= 0.3 is 12.1 Å². The van der Waals surface area contributed by atoms with Crippen molar-refractivity contribution in [2.24, 2.45) is 5.41 Å². The fraction of sp³-hybridized carbons (Fsp3) is 0.562. The zero-order chi connectivity index (χ0) is 16.4. The molecule has 1 amide bonds. The molecule has 120 valence electrons. The average molecular weight is 306 g/mol. The summed E-state index contributed by atoms with van der Waals surface area (Å²) in [6.45, 7) is 5.90. The first-order valence-electron chi connectivity index (χ1n) is 7.33. The Labute approximate surface area is 130 Å². The molecule has 1 aromatic heterocycles. The van der Waals surface area contributed by atoms with Crippen LogP contribution in [0.1, 0.15) is 32.9 Å². The lowest BCUT2D eigenvalue weighted by molar-refractivity contribution is -0.148. The van der Waals surface area contributed by atoms with E-state index in [1.54, 1.807) is 39.1 Å². The highest BCUT2D eigenvalue weighted by molar-refractivity contribution is 5.78. The average Bonchev–Trinajstić information content (AvgIpc) is 2.84. The maximum Gasteiger partial charge on any atom is 0.410 e. The number of aliphatic carboxylic acids is 1. The molecule has 2 heterocycles. The molecule has 0 aromatic carbocycles. The Balaban J connectivity index is 2.11. The smallest absolute Gasteiger partial charge is 0.410 e. The zero-order valence-corrected chi connectivity index (χ0v) is 13.2. The van der Waals surface area contributed by atoms with Crippen LogP contribution in [0.3, 0.4) is 0 Å². The minimum absolute atomic E-state index is 0.147. The quantitative estimate of drug-likeness (QED) is 0.927. The third-order valence-corrected chi connectivity index (χ3v) is 3.70. The molecule has 0 saturated carbocycles. The summed E-state index contributed by atoms with van der Waals surface area (Å²) in [5.41, 5.74) is -0.867. The number of rotatable bonds is 3. The van der Waals surface area contributed by atoms with Gasteiger partial charge in [-0.3, -0.25) is 9.78 Å². The van der Waals surface area contributed by atoms with E-state index in [0.29, 0.717) is 19.4 Å². The van der Waals surface area contributed by atoms with E-state index in [1.807, 2.05) is 6.07 Å². The van der Waals surface area contributed by atoms with Crippen molar-refractivity contribution in [2.45, 2.75) is 39.2 Å². The molecule has 1 unspecified atom stereocenters. The molecule has 1 saturated heterocycles. The van der Waals surface area contributed by atoms with E-state index < -0.39 is 23.1 Å². The third kappa shape index (κ3) is 3.75. The Morgan fingerprint density at radius 3 is 2.68 bits per heavy atom. The van der Waals surface area contributed by atoms with Gasteiger partial charge in [0.05, 0.1) is 5.41 Å². The molecule has 0 radical (unpaired) electrons. The molecular weight excluding hydrogens is 284 g/mol. The second-order valence-electron chi connectivity index (χ2n) is 6.74. The number of pyridine rings is 1. The maximum absolute atomic E-state index is 12.1. The second-order valence-corrected chi connectivity index (χ2v) is 6.74. The highest BCUT2D eigenvalue weighted by atomic mass is 16.6. The van der Waals surface area contributed by atoms with E-state index in [1.165, 1.54) is 4.90 Å². The molecule has 0 spiro atoms. The summed E-state index contributed by atoms with van der Waals surface area (Å²) in [5, 5.41) is 9.65. The molecule has 1 aliphatic rings. The van der Waals surface area contributed by atoms with Gasteiger partial charge < -0.3 is 14.7 Å². The number of likely N-dealkylation sites (tertiary alicyclic amines) is 1. The SMILES string of the molecule is CC(C)(C)OC(=O)N1CCC(Cc2ccccn2)(C(=O)O)C1. The summed E-state index contributed by atoms with van der Waals surface area (Å²) >= 11 is 0. The summed E-state index contributed by atoms with van der Waals surface area (Å²) < 4.78 is 5.32. The molecule has 1 aromatic rings. The summed E-state index contributed by atoms with van der Waals surface area (Å²) in [6.07, 6.45) is 1.89. The molecular formula is C16H22N2O4. The summed E-state index contributed by atoms with van der Waals surface area (Å²) in [5.74, 6) is -0.899. The Hall–Kier alpha value is -2.11. The molecule has 1 aliphatic heterocycles. The predicted molar refractivity (Wildman–Crippen MR) is 80.4 cm³/mol. The van der Waals surface area contributed by atoms with Crippen LogP contribution in [0.25, 0.3) is 0 Å². The Kier molecular flexibility index (Phi) is 4.39. The van der Waals surface area contributed by atoms with Crippen molar-refractivity contribution >= 4 is 12.1 Å². The van der Waals surface area contributed by atoms with Crippen molar-refractivity contribution in [3.8, 4) is 0 Å². The highest BCUT2D eigenvalue weighted by Crippen LogP contribution is 2.35. The monoisotopic (exact) mass is 306 g/mol. The highest BCUT2D eigenvalue weighted by Gasteiger charge is 2.47. The lowest BCUT2D eigenvalue weighted by Gasteiger charge is -2.27. The first-order valence-corrected chi connectivity index (χ1v) is 7.33. The number of ether oxygens (including phenoxy) is 1. The van der Waals surface area contributed by atoms with Gasteiger partial charge in [-0.15, -0.1) is 0 Å². The number of nitrogens with zero attached hydrogens (tertiary/aromatic N) is 2. The largest absolute Gasteiger partial charge is 0.481 e. The molecule has 1 N–H and O–H groups in total. The lowest BCUT2D eigenvalue weighted by Crippen LogP contribution is -2.40. The number of hydrogen-bond acceptors (Lipinski definition) is 4. The van der Waals surface area contributed by atoms with Crippen LogP contribution in [0.4, 0.5) is 4.79 Å². The van der Waals surface area contributed by atoms with E-state index in [9.17, 15) is 14.7 Å². The van der Waals surface area contributed by atoms with E-state index in [0.717, 1.165) is 5.69 Å². The van der Waals surface area contributed by atoms with Gasteiger partial charge in [0, 0.05) is 31.4 Å². The number of carbonyl (C=O) groups is 2. The molecule has 6 nitrogen and oxygen atoms in total. The van der Waals surface area contributed by atoms with Crippen molar-refractivity contribution in [3.05, 3.63) is 30.1 Å². The van der Waals surface area contributed by atoms with E-state index in [-0.39, 0.29) is 6.54 Å². The lowest BCUT2D eigenvalue weighted by atomic mass is 9.82. The molecule has 2 rings (SSSR count). The van der Waals surface area contributed by atoms with E-state index in [2.05, 4.69) is 4.98 Å². The number of carboxylic acids is 1. The van der Waals surface area contributed by atoms with Crippen LogP contribution in [0.2, 0.25) is 0 Å². The molecule has 1 atom stereocenters. The summed E-state index contributed by atoms with van der Waals surface area (Å²) in [4.78, 5) is 29.6. The van der Waals surface area contributed by atoms with Crippen LogP contribution in [0, 0.1) is 5.41 Å². The van der Waals surface area contributed by atoms with Crippen molar-refractivity contribution in [3.63, 3.8) is 0 Å². The minimum atomic E-state index is -0.995. The van der Waals surface area contributed by atoms with Crippen molar-refractivity contribution in [2.75, 3.05) is 13.1 Å². The molecule has 6 heteroatoms. The van der Waals surface area contributed by atoms with Crippen molar-refractivity contribution in [1.82, 2.24) is 9.88 Å². The van der Waals surface area contributed by atoms with Gasteiger partial charge in [0.2, 0.25) is 0 Å². The normalized spacial score (nSPS) is 21.7. The van der Waals surface area contributed by atoms with Crippen LogP contribution in [-0.4, -0.2) is 45.7 Å². The van der Waals surface area contributed by atoms with Crippen LogP contribution in [0.5, 0.6) is 0 Å². The van der Waals surface area contributed by atoms with Crippen molar-refractivity contribution < 1.29 is 19.4 Å². The first kappa shape index (κ1) is 16.3. The third-order valence-electron chi connectivity index (χ3n) is 3.70. The van der Waals surface area contributed by atoms with Gasteiger partial charge in [-0.1, -0.05) is 6.07 Å².